The molecule has 1 fully saturated rings. The summed E-state index contributed by atoms with van der Waals surface area (Å²) >= 11 is 0. The monoisotopic (exact) mass is 477 g/mol. The number of piperazine rings is 1. The molecule has 0 amide bonds. The van der Waals surface area contributed by atoms with Crippen molar-refractivity contribution in [2.75, 3.05) is 60.1 Å². The first-order chi connectivity index (χ1) is 17.1. The van der Waals surface area contributed by atoms with E-state index in [1.165, 1.54) is 11.1 Å². The molecule has 0 aliphatic carbocycles. The van der Waals surface area contributed by atoms with Gasteiger partial charge in [-0.2, -0.15) is 0 Å². The highest BCUT2D eigenvalue weighted by atomic mass is 16.7. The van der Waals surface area contributed by atoms with Crippen LogP contribution in [0.5, 0.6) is 17.2 Å². The second-order valence-electron chi connectivity index (χ2n) is 9.49. The minimum Gasteiger partial charge on any atom is -0.493 e. The average Bonchev–Trinajstić information content (AvgIpc) is 3.28. The van der Waals surface area contributed by atoms with Crippen molar-refractivity contribution in [3.05, 3.63) is 64.2 Å². The summed E-state index contributed by atoms with van der Waals surface area (Å²) in [5, 5.41) is 0. The quantitative estimate of drug-likeness (QED) is 0.652. The van der Waals surface area contributed by atoms with Crippen molar-refractivity contribution in [1.29, 1.82) is 0 Å². The van der Waals surface area contributed by atoms with Gasteiger partial charge < -0.3 is 14.2 Å². The van der Waals surface area contributed by atoms with Gasteiger partial charge in [0.25, 0.3) is 0 Å². The lowest BCUT2D eigenvalue weighted by Crippen LogP contribution is -2.49. The lowest BCUT2D eigenvalue weighted by Gasteiger charge is -2.36. The van der Waals surface area contributed by atoms with Gasteiger partial charge in [-0.3, -0.25) is 20.1 Å². The fraction of sp³-hybridized carbons (Fsp3) is 0.429. The molecule has 1 atom stereocenters. The lowest BCUT2D eigenvalue weighted by atomic mass is 9.97. The summed E-state index contributed by atoms with van der Waals surface area (Å²) in [6.07, 6.45) is 2.25. The Morgan fingerprint density at radius 3 is 2.54 bits per heavy atom. The minimum atomic E-state index is -0.0298. The van der Waals surface area contributed by atoms with E-state index in [2.05, 4.69) is 58.6 Å². The van der Waals surface area contributed by atoms with Crippen LogP contribution in [0.3, 0.4) is 0 Å². The molecule has 7 heteroatoms. The summed E-state index contributed by atoms with van der Waals surface area (Å²) in [5.74, 6) is 2.22. The van der Waals surface area contributed by atoms with E-state index in [4.69, 9.17) is 19.0 Å². The van der Waals surface area contributed by atoms with E-state index in [1.807, 2.05) is 13.0 Å². The molecule has 3 aliphatic heterocycles. The number of fused-ring (bicyclic) bond motifs is 2. The van der Waals surface area contributed by atoms with Gasteiger partial charge in [0.2, 0.25) is 0 Å². The summed E-state index contributed by atoms with van der Waals surface area (Å²) in [6, 6.07) is 12.5. The van der Waals surface area contributed by atoms with E-state index in [0.717, 1.165) is 67.4 Å². The average molecular weight is 478 g/mol. The first-order valence-corrected chi connectivity index (χ1v) is 12.3. The minimum absolute atomic E-state index is 0.0298. The van der Waals surface area contributed by atoms with Crippen LogP contribution in [-0.4, -0.2) is 76.0 Å². The fourth-order valence-corrected chi connectivity index (χ4v) is 5.24. The molecule has 0 spiro atoms. The van der Waals surface area contributed by atoms with Crippen LogP contribution < -0.4 is 19.7 Å². The summed E-state index contributed by atoms with van der Waals surface area (Å²) < 4.78 is 17.3. The molecule has 3 heterocycles. The maximum atomic E-state index is 6.19. The highest BCUT2D eigenvalue weighted by Crippen LogP contribution is 2.46. The van der Waals surface area contributed by atoms with Gasteiger partial charge in [0.15, 0.2) is 11.5 Å². The van der Waals surface area contributed by atoms with E-state index in [0.29, 0.717) is 18.1 Å². The Morgan fingerprint density at radius 1 is 1.09 bits per heavy atom. The molecular formula is C28H35N3O4. The van der Waals surface area contributed by atoms with Gasteiger partial charge in [0, 0.05) is 56.0 Å². The van der Waals surface area contributed by atoms with Gasteiger partial charge >= 0.3 is 0 Å². The highest BCUT2D eigenvalue weighted by Gasteiger charge is 2.36. The van der Waals surface area contributed by atoms with Crippen LogP contribution in [0.25, 0.3) is 11.8 Å². The molecule has 1 saturated heterocycles. The maximum Gasteiger partial charge on any atom is 0.167 e. The predicted molar refractivity (Wildman–Crippen MR) is 138 cm³/mol. The van der Waals surface area contributed by atoms with Gasteiger partial charge in [-0.15, -0.1) is 0 Å². The molecule has 3 aliphatic rings. The Kier molecular flexibility index (Phi) is 7.00. The lowest BCUT2D eigenvalue weighted by molar-refractivity contribution is 0.0117. The van der Waals surface area contributed by atoms with Crippen molar-refractivity contribution < 1.29 is 19.0 Å². The van der Waals surface area contributed by atoms with E-state index >= 15 is 0 Å². The van der Waals surface area contributed by atoms with Crippen LogP contribution >= 0.6 is 0 Å². The third-order valence-electron chi connectivity index (χ3n) is 7.08. The van der Waals surface area contributed by atoms with Crippen LogP contribution in [0.15, 0.2) is 47.5 Å². The molecule has 2 aromatic carbocycles. The third kappa shape index (κ3) is 4.89. The van der Waals surface area contributed by atoms with Crippen molar-refractivity contribution >= 4 is 11.8 Å². The molecule has 0 aromatic heterocycles. The van der Waals surface area contributed by atoms with Crippen molar-refractivity contribution in [2.24, 2.45) is 0 Å². The number of ether oxygens (including phenoxy) is 3. The second kappa shape index (κ2) is 10.3. The first-order valence-electron chi connectivity index (χ1n) is 12.3. The standard InChI is InChI=1S/C28H35N3O4/c1-19(14-21-8-6-5-7-9-21)16-30-10-12-31(13-11-30)17-25-23-18-34-27-20(2)28(33-4)24(32-3)15-22(27)26(23)29-35-25/h5-9,14-15,25,29H,10-13,16-18H2,1-4H3. The van der Waals surface area contributed by atoms with E-state index in [9.17, 15) is 0 Å². The normalized spacial score (nSPS) is 20.7. The second-order valence-corrected chi connectivity index (χ2v) is 9.49. The number of benzene rings is 2. The Hall–Kier alpha value is -3.00. The molecule has 186 valence electrons. The number of nitrogens with one attached hydrogen (secondary N) is 1. The molecular weight excluding hydrogens is 442 g/mol. The fourth-order valence-electron chi connectivity index (χ4n) is 5.24. The Labute approximate surface area is 207 Å². The Balaban J connectivity index is 1.21. The molecule has 0 radical (unpaired) electrons. The van der Waals surface area contributed by atoms with E-state index in [1.54, 1.807) is 14.2 Å². The number of rotatable bonds is 7. The highest BCUT2D eigenvalue weighted by molar-refractivity contribution is 5.79. The molecule has 7 nitrogen and oxygen atoms in total. The molecule has 5 rings (SSSR count). The SMILES string of the molecule is COc1cc2c(c(C)c1OC)OCC1=C2NOC1CN1CCN(CC(C)=Cc2ccccc2)CC1. The summed E-state index contributed by atoms with van der Waals surface area (Å²) in [6.45, 7) is 10.8. The number of hydrogen-bond donors (Lipinski definition) is 1. The molecule has 1 N–H and O–H groups in total. The zero-order valence-electron chi connectivity index (χ0n) is 21.1. The molecule has 2 aromatic rings. The summed E-state index contributed by atoms with van der Waals surface area (Å²) in [7, 11) is 3.31. The molecule has 35 heavy (non-hydrogen) atoms. The third-order valence-corrected chi connectivity index (χ3v) is 7.08. The Bertz CT molecular complexity index is 1120. The number of methoxy groups -OCH3 is 2. The van der Waals surface area contributed by atoms with Crippen molar-refractivity contribution in [1.82, 2.24) is 15.3 Å². The van der Waals surface area contributed by atoms with E-state index in [-0.39, 0.29) is 6.10 Å². The first kappa shape index (κ1) is 23.7. The van der Waals surface area contributed by atoms with Crippen LogP contribution in [0.4, 0.5) is 0 Å². The van der Waals surface area contributed by atoms with Crippen molar-refractivity contribution in [2.45, 2.75) is 20.0 Å². The summed E-state index contributed by atoms with van der Waals surface area (Å²) in [4.78, 5) is 11.1. The Morgan fingerprint density at radius 2 is 1.83 bits per heavy atom. The molecule has 1 unspecified atom stereocenters. The smallest absolute Gasteiger partial charge is 0.167 e. The topological polar surface area (TPSA) is 55.4 Å². The number of hydrogen-bond acceptors (Lipinski definition) is 7. The van der Waals surface area contributed by atoms with Crippen LogP contribution in [0.1, 0.15) is 23.6 Å². The van der Waals surface area contributed by atoms with Crippen LogP contribution in [0, 0.1) is 6.92 Å². The van der Waals surface area contributed by atoms with Gasteiger partial charge in [0.05, 0.1) is 19.9 Å². The van der Waals surface area contributed by atoms with Crippen LogP contribution in [0.2, 0.25) is 0 Å². The van der Waals surface area contributed by atoms with Gasteiger partial charge in [-0.05, 0) is 25.5 Å². The largest absolute Gasteiger partial charge is 0.493 e. The predicted octanol–water partition coefficient (Wildman–Crippen LogP) is 3.74. The molecule has 0 bridgehead atoms. The zero-order valence-corrected chi connectivity index (χ0v) is 21.1. The van der Waals surface area contributed by atoms with Crippen molar-refractivity contribution in [3.8, 4) is 17.2 Å². The molecule has 0 saturated carbocycles. The van der Waals surface area contributed by atoms with Gasteiger partial charge in [-0.25, -0.2) is 0 Å². The maximum absolute atomic E-state index is 6.19. The summed E-state index contributed by atoms with van der Waals surface area (Å²) in [5.41, 5.74) is 9.91. The number of nitrogens with zero attached hydrogens (tertiary/aromatic N) is 2. The van der Waals surface area contributed by atoms with E-state index < -0.39 is 0 Å². The number of hydroxylamine groups is 1. The zero-order chi connectivity index (χ0) is 24.4. The van der Waals surface area contributed by atoms with Gasteiger partial charge in [0.1, 0.15) is 18.5 Å². The van der Waals surface area contributed by atoms with Crippen molar-refractivity contribution in [3.63, 3.8) is 0 Å². The van der Waals surface area contributed by atoms with Crippen LogP contribution in [-0.2, 0) is 4.84 Å². The van der Waals surface area contributed by atoms with Gasteiger partial charge in [-0.1, -0.05) is 42.0 Å².